The van der Waals surface area contributed by atoms with Gasteiger partial charge in [-0.25, -0.2) is 0 Å². The Morgan fingerprint density at radius 3 is 0.540 bits per heavy atom. The topological polar surface area (TPSA) is 73.8 Å². The Labute approximate surface area is 616 Å². The second kappa shape index (κ2) is 28.2. The van der Waals surface area contributed by atoms with Crippen LogP contribution in [0.25, 0.3) is 0 Å². The van der Waals surface area contributed by atoms with Gasteiger partial charge in [0.15, 0.2) is 0 Å². The third-order valence-corrected chi connectivity index (χ3v) is 23.2. The minimum absolute atomic E-state index is 0.321. The highest BCUT2D eigenvalue weighted by Gasteiger charge is 2.42. The molecule has 0 unspecified atom stereocenters. The summed E-state index contributed by atoms with van der Waals surface area (Å²) in [5.41, 5.74) is 16.2. The number of hydrogen-bond acceptors (Lipinski definition) is 8. The van der Waals surface area contributed by atoms with Crippen molar-refractivity contribution >= 4 is 63.7 Å². The third-order valence-electron chi connectivity index (χ3n) is 20.3. The zero-order chi connectivity index (χ0) is 67.2. The van der Waals surface area contributed by atoms with Crippen molar-refractivity contribution in [3.05, 3.63) is 374 Å². The highest BCUT2D eigenvalue weighted by Crippen LogP contribution is 2.59. The molecule has 0 spiro atoms. The Bertz CT molecular complexity index is 4250. The Kier molecular flexibility index (Phi) is 18.1. The van der Waals surface area contributed by atoms with Crippen molar-refractivity contribution in [3.8, 4) is 46.0 Å². The average Bonchev–Trinajstić information content (AvgIpc) is 0.730. The van der Waals surface area contributed by atoms with E-state index < -0.39 is 25.2 Å². The van der Waals surface area contributed by atoms with E-state index in [1.165, 1.54) is 22.3 Å². The predicted octanol–water partition coefficient (Wildman–Crippen LogP) is 24.0. The minimum atomic E-state index is -0.970. The van der Waals surface area contributed by atoms with Crippen LogP contribution in [0.15, 0.2) is 285 Å². The van der Waals surface area contributed by atoms with Gasteiger partial charge in [0.2, 0.25) is 0 Å². The highest BCUT2D eigenvalue weighted by molar-refractivity contribution is 9.11. The van der Waals surface area contributed by atoms with E-state index in [0.717, 1.165) is 110 Å². The number of halogens is 4. The van der Waals surface area contributed by atoms with Crippen molar-refractivity contribution < 1.29 is 37.9 Å². The second-order valence-electron chi connectivity index (χ2n) is 26.4. The van der Waals surface area contributed by atoms with E-state index >= 15 is 0 Å². The van der Waals surface area contributed by atoms with E-state index in [0.29, 0.717) is 71.7 Å². The fraction of sp³-hybridized carbons (Fsp3) is 0.182. The molecule has 0 atom stereocenters. The van der Waals surface area contributed by atoms with Gasteiger partial charge in [-0.05, 0) is 122 Å². The number of benzene rings is 12. The largest absolute Gasteiger partial charge is 0.450 e. The zero-order valence-electron chi connectivity index (χ0n) is 54.5. The molecular weight excluding hydrogens is 1500 g/mol. The molecule has 5 aliphatic rings. The summed E-state index contributed by atoms with van der Waals surface area (Å²) in [6, 6.07) is 94.0. The highest BCUT2D eigenvalue weighted by atomic mass is 79.9. The molecule has 0 saturated carbocycles. The van der Waals surface area contributed by atoms with Crippen LogP contribution >= 0.6 is 63.7 Å². The fourth-order valence-electron chi connectivity index (χ4n) is 15.3. The van der Waals surface area contributed by atoms with Crippen molar-refractivity contribution in [1.29, 1.82) is 0 Å². The summed E-state index contributed by atoms with van der Waals surface area (Å²) in [4.78, 5) is 0. The molecule has 0 N–H and O–H groups in total. The maximum Gasteiger partial charge on any atom is 0.268 e. The summed E-state index contributed by atoms with van der Waals surface area (Å²) in [5, 5.41) is 0. The Morgan fingerprint density at radius 2 is 0.360 bits per heavy atom. The summed E-state index contributed by atoms with van der Waals surface area (Å²) in [5.74, 6) is 3.81. The van der Waals surface area contributed by atoms with E-state index in [1.54, 1.807) is 0 Å². The fourth-order valence-corrected chi connectivity index (χ4v) is 17.2. The quantitative estimate of drug-likeness (QED) is 0.0947. The maximum absolute atomic E-state index is 7.65. The molecular formula is C88H68Br4O8. The van der Waals surface area contributed by atoms with E-state index in [9.17, 15) is 0 Å². The summed E-state index contributed by atoms with van der Waals surface area (Å²) in [6.45, 7) is 0. The van der Waals surface area contributed by atoms with Crippen LogP contribution in [-0.4, -0.2) is 0 Å². The van der Waals surface area contributed by atoms with Crippen LogP contribution in [-0.2, 0) is 25.7 Å². The lowest BCUT2D eigenvalue weighted by molar-refractivity contribution is -0.0125. The van der Waals surface area contributed by atoms with Gasteiger partial charge in [0, 0.05) is 133 Å². The first-order valence-corrected chi connectivity index (χ1v) is 37.5. The Balaban J connectivity index is 1.02. The van der Waals surface area contributed by atoms with Crippen molar-refractivity contribution in [2.24, 2.45) is 0 Å². The van der Waals surface area contributed by atoms with Crippen LogP contribution in [0.1, 0.15) is 164 Å². The third kappa shape index (κ3) is 12.9. The van der Waals surface area contributed by atoms with E-state index in [2.05, 4.69) is 258 Å². The van der Waals surface area contributed by atoms with Gasteiger partial charge in [-0.15, -0.1) is 0 Å². The Morgan fingerprint density at radius 1 is 0.190 bits per heavy atom. The number of ether oxygens (including phenoxy) is 8. The van der Waals surface area contributed by atoms with Crippen LogP contribution in [0.5, 0.6) is 46.0 Å². The molecule has 4 heterocycles. The van der Waals surface area contributed by atoms with Gasteiger partial charge in [0.1, 0.15) is 46.0 Å². The summed E-state index contributed by atoms with van der Waals surface area (Å²) >= 11 is 15.9. The first-order chi connectivity index (χ1) is 49.2. The molecule has 100 heavy (non-hydrogen) atoms. The van der Waals surface area contributed by atoms with Crippen molar-refractivity contribution in [3.63, 3.8) is 0 Å². The molecule has 8 nitrogen and oxygen atoms in total. The van der Waals surface area contributed by atoms with Crippen LogP contribution in [0.4, 0.5) is 0 Å². The lowest BCUT2D eigenvalue weighted by Gasteiger charge is -2.38. The van der Waals surface area contributed by atoms with Gasteiger partial charge in [0.25, 0.3) is 25.2 Å². The summed E-state index contributed by atoms with van der Waals surface area (Å²) in [6.07, 6.45) is 1.87. The van der Waals surface area contributed by atoms with Crippen LogP contribution in [0, 0.1) is 0 Å². The zero-order valence-corrected chi connectivity index (χ0v) is 60.8. The molecule has 0 radical (unpaired) electrons. The van der Waals surface area contributed by atoms with E-state index in [1.807, 2.05) is 72.8 Å². The molecule has 1 aliphatic carbocycles. The lowest BCUT2D eigenvalue weighted by atomic mass is 9.75. The van der Waals surface area contributed by atoms with Crippen LogP contribution < -0.4 is 37.9 Å². The predicted molar refractivity (Wildman–Crippen MR) is 405 cm³/mol. The average molecular weight is 1570 g/mol. The number of aryl methyl sites for hydroxylation is 4. The number of rotatable bonds is 16. The molecule has 12 aromatic carbocycles. The standard InChI is InChI=1S/C88H68Br4O8/c89-73-33-17-13-29-61(73)85-93-77-49-79-67-45-65(77)57(41-37-53-21-5-1-6-22-53)66-46-68-59(43-39-55-25-9-3-10-26-55)70-48-72-60(44-40-56-27-11-4-12-28-56)71-47-69(58(67)42-38-54-23-7-2-8-24-54)81(97-86(95-79)62-30-14-18-34-74(62)90)51-83(71)99-88(64-32-16-20-36-76(64)92)100-84(72)52-82(70)98-87(63-31-15-19-35-75(63)91)96-80(68)50-78(66)94-85/h1-36,45-52,57-60,85-88H,37-44H2. The molecule has 0 saturated heterocycles. The van der Waals surface area contributed by atoms with Crippen molar-refractivity contribution in [2.45, 2.75) is 100 Å². The van der Waals surface area contributed by atoms with Gasteiger partial charge in [-0.1, -0.05) is 258 Å². The van der Waals surface area contributed by atoms with Crippen molar-refractivity contribution in [1.82, 2.24) is 0 Å². The van der Waals surface area contributed by atoms with Gasteiger partial charge in [-0.2, -0.15) is 0 Å². The molecule has 12 heteroatoms. The minimum Gasteiger partial charge on any atom is -0.450 e. The first-order valence-electron chi connectivity index (χ1n) is 34.4. The smallest absolute Gasteiger partial charge is 0.268 e. The van der Waals surface area contributed by atoms with Gasteiger partial charge in [0.05, 0.1) is 0 Å². The summed E-state index contributed by atoms with van der Waals surface area (Å²) in [7, 11) is 0. The SMILES string of the molecule is Brc1ccccc1C1Oc2cc3c4cc2C(CCc2ccccc2)c2cc5c(cc2O1)OC(c1ccccc1Br)Oc1cc2c(cc1C5CCc1ccccc1)C(CCc1ccccc1)c1cc(c(cc1OC(c1ccccc1Br)O2)OC(c1ccccc1Br)O3)C4CCc1ccccc1. The van der Waals surface area contributed by atoms with Crippen LogP contribution in [0.2, 0.25) is 0 Å². The second-order valence-corrected chi connectivity index (χ2v) is 29.8. The number of hydrogen-bond donors (Lipinski definition) is 0. The van der Waals surface area contributed by atoms with Crippen molar-refractivity contribution in [2.75, 3.05) is 0 Å². The van der Waals surface area contributed by atoms with E-state index in [4.69, 9.17) is 37.9 Å². The van der Waals surface area contributed by atoms with Crippen LogP contribution in [0.3, 0.4) is 0 Å². The molecule has 4 aliphatic heterocycles. The molecule has 8 bridgehead atoms. The monoisotopic (exact) mass is 1570 g/mol. The normalized spacial score (nSPS) is 19.6. The summed E-state index contributed by atoms with van der Waals surface area (Å²) < 4.78 is 64.5. The van der Waals surface area contributed by atoms with Gasteiger partial charge in [-0.3, -0.25) is 0 Å². The molecule has 0 fully saturated rings. The molecule has 496 valence electrons. The first kappa shape index (κ1) is 64.3. The Hall–Kier alpha value is -9.04. The van der Waals surface area contributed by atoms with Gasteiger partial charge >= 0.3 is 0 Å². The molecule has 0 amide bonds. The maximum atomic E-state index is 7.65. The van der Waals surface area contributed by atoms with E-state index in [-0.39, 0.29) is 23.7 Å². The molecule has 0 aromatic heterocycles. The van der Waals surface area contributed by atoms with Gasteiger partial charge < -0.3 is 37.9 Å². The lowest BCUT2D eigenvalue weighted by Crippen LogP contribution is -2.26. The molecule has 17 rings (SSSR count). The molecule has 12 aromatic rings.